The van der Waals surface area contributed by atoms with Crippen LogP contribution in [-0.2, 0) is 4.79 Å². The van der Waals surface area contributed by atoms with Gasteiger partial charge in [0.2, 0.25) is 5.91 Å². The minimum atomic E-state index is 0.0756. The SMILES string of the molecule is O=C(NCCN1CCCC1)C1CC2CCCCC2N1. The van der Waals surface area contributed by atoms with E-state index < -0.39 is 0 Å². The van der Waals surface area contributed by atoms with Crippen molar-refractivity contribution in [3.8, 4) is 0 Å². The fourth-order valence-electron chi connectivity index (χ4n) is 3.99. The van der Waals surface area contributed by atoms with Gasteiger partial charge >= 0.3 is 0 Å². The van der Waals surface area contributed by atoms with Crippen LogP contribution >= 0.6 is 0 Å². The van der Waals surface area contributed by atoms with Gasteiger partial charge in [0.25, 0.3) is 0 Å². The van der Waals surface area contributed by atoms with Crippen molar-refractivity contribution in [2.75, 3.05) is 26.2 Å². The average Bonchev–Trinajstić information content (AvgIpc) is 3.07. The van der Waals surface area contributed by atoms with E-state index in [1.54, 1.807) is 0 Å². The van der Waals surface area contributed by atoms with E-state index in [1.807, 2.05) is 0 Å². The Kier molecular flexibility index (Phi) is 4.38. The largest absolute Gasteiger partial charge is 0.353 e. The summed E-state index contributed by atoms with van der Waals surface area (Å²) in [7, 11) is 0. The molecule has 0 aromatic rings. The number of nitrogens with one attached hydrogen (secondary N) is 2. The number of hydrogen-bond acceptors (Lipinski definition) is 3. The van der Waals surface area contributed by atoms with Crippen LogP contribution in [0.2, 0.25) is 0 Å². The summed E-state index contributed by atoms with van der Waals surface area (Å²) < 4.78 is 0. The lowest BCUT2D eigenvalue weighted by atomic mass is 9.85. The fourth-order valence-corrected chi connectivity index (χ4v) is 3.99. The molecule has 3 aliphatic rings. The number of carbonyl (C=O) groups excluding carboxylic acids is 1. The summed E-state index contributed by atoms with van der Waals surface area (Å²) >= 11 is 0. The van der Waals surface area contributed by atoms with E-state index in [2.05, 4.69) is 15.5 Å². The Morgan fingerprint density at radius 3 is 2.74 bits per heavy atom. The fraction of sp³-hybridized carbons (Fsp3) is 0.933. The monoisotopic (exact) mass is 265 g/mol. The zero-order chi connectivity index (χ0) is 13.1. The highest BCUT2D eigenvalue weighted by Gasteiger charge is 2.37. The first-order chi connectivity index (χ1) is 9.33. The van der Waals surface area contributed by atoms with Gasteiger partial charge < -0.3 is 15.5 Å². The van der Waals surface area contributed by atoms with Crippen molar-refractivity contribution in [1.29, 1.82) is 0 Å². The van der Waals surface area contributed by atoms with Gasteiger partial charge in [0, 0.05) is 19.1 Å². The number of carbonyl (C=O) groups is 1. The number of nitrogens with zero attached hydrogens (tertiary/aromatic N) is 1. The van der Waals surface area contributed by atoms with Gasteiger partial charge in [-0.1, -0.05) is 12.8 Å². The van der Waals surface area contributed by atoms with E-state index in [0.717, 1.165) is 25.4 Å². The van der Waals surface area contributed by atoms with E-state index in [4.69, 9.17) is 0 Å². The Labute approximate surface area is 116 Å². The van der Waals surface area contributed by atoms with Crippen LogP contribution in [0.5, 0.6) is 0 Å². The van der Waals surface area contributed by atoms with Crippen molar-refractivity contribution in [3.05, 3.63) is 0 Å². The Hall–Kier alpha value is -0.610. The Morgan fingerprint density at radius 1 is 1.16 bits per heavy atom. The van der Waals surface area contributed by atoms with Crippen molar-refractivity contribution >= 4 is 5.91 Å². The average molecular weight is 265 g/mol. The molecule has 3 fully saturated rings. The Morgan fingerprint density at radius 2 is 1.95 bits per heavy atom. The molecule has 19 heavy (non-hydrogen) atoms. The van der Waals surface area contributed by atoms with Crippen LogP contribution in [0.1, 0.15) is 44.9 Å². The van der Waals surface area contributed by atoms with Crippen LogP contribution in [0.3, 0.4) is 0 Å². The second-order valence-corrected chi connectivity index (χ2v) is 6.45. The number of amides is 1. The van der Waals surface area contributed by atoms with Crippen molar-refractivity contribution in [1.82, 2.24) is 15.5 Å². The van der Waals surface area contributed by atoms with Gasteiger partial charge in [-0.15, -0.1) is 0 Å². The third kappa shape index (κ3) is 3.29. The summed E-state index contributed by atoms with van der Waals surface area (Å²) in [5.41, 5.74) is 0. The molecule has 3 unspecified atom stereocenters. The number of rotatable bonds is 4. The Balaban J connectivity index is 1.38. The molecule has 3 atom stereocenters. The van der Waals surface area contributed by atoms with Crippen LogP contribution < -0.4 is 10.6 Å². The minimum absolute atomic E-state index is 0.0756. The lowest BCUT2D eigenvalue weighted by molar-refractivity contribution is -0.122. The summed E-state index contributed by atoms with van der Waals surface area (Å²) in [6, 6.07) is 0.690. The highest BCUT2D eigenvalue weighted by Crippen LogP contribution is 2.33. The molecule has 0 aromatic carbocycles. The van der Waals surface area contributed by atoms with Gasteiger partial charge in [0.15, 0.2) is 0 Å². The summed E-state index contributed by atoms with van der Waals surface area (Å²) in [5, 5.41) is 6.66. The normalized spacial score (nSPS) is 35.3. The molecular formula is C15H27N3O. The summed E-state index contributed by atoms with van der Waals surface area (Å²) in [4.78, 5) is 14.6. The molecule has 2 heterocycles. The molecule has 1 saturated carbocycles. The van der Waals surface area contributed by atoms with E-state index in [1.165, 1.54) is 51.6 Å². The molecule has 2 N–H and O–H groups in total. The molecular weight excluding hydrogens is 238 g/mol. The minimum Gasteiger partial charge on any atom is -0.353 e. The second kappa shape index (κ2) is 6.23. The van der Waals surface area contributed by atoms with Crippen molar-refractivity contribution < 1.29 is 4.79 Å². The smallest absolute Gasteiger partial charge is 0.237 e. The van der Waals surface area contributed by atoms with E-state index in [0.29, 0.717) is 6.04 Å². The van der Waals surface area contributed by atoms with E-state index in [-0.39, 0.29) is 11.9 Å². The topological polar surface area (TPSA) is 44.4 Å². The lowest BCUT2D eigenvalue weighted by Gasteiger charge is -2.24. The number of fused-ring (bicyclic) bond motifs is 1. The zero-order valence-electron chi connectivity index (χ0n) is 11.9. The quantitative estimate of drug-likeness (QED) is 0.800. The maximum absolute atomic E-state index is 12.2. The first kappa shape index (κ1) is 13.4. The Bertz CT molecular complexity index is 301. The highest BCUT2D eigenvalue weighted by atomic mass is 16.2. The third-order valence-electron chi connectivity index (χ3n) is 5.11. The molecule has 2 saturated heterocycles. The van der Waals surface area contributed by atoms with Gasteiger partial charge in [-0.25, -0.2) is 0 Å². The van der Waals surface area contributed by atoms with Crippen molar-refractivity contribution in [2.24, 2.45) is 5.92 Å². The van der Waals surface area contributed by atoms with Gasteiger partial charge in [-0.2, -0.15) is 0 Å². The van der Waals surface area contributed by atoms with Crippen LogP contribution in [0.25, 0.3) is 0 Å². The molecule has 0 radical (unpaired) electrons. The molecule has 0 bridgehead atoms. The first-order valence-electron chi connectivity index (χ1n) is 8.09. The maximum Gasteiger partial charge on any atom is 0.237 e. The summed E-state index contributed by atoms with van der Waals surface area (Å²) in [6.45, 7) is 4.25. The molecule has 1 aliphatic carbocycles. The number of hydrogen-bond donors (Lipinski definition) is 2. The molecule has 4 heteroatoms. The van der Waals surface area contributed by atoms with Gasteiger partial charge in [0.1, 0.15) is 0 Å². The molecule has 3 rings (SSSR count). The number of likely N-dealkylation sites (tertiary alicyclic amines) is 1. The molecule has 4 nitrogen and oxygen atoms in total. The van der Waals surface area contributed by atoms with Crippen LogP contribution in [-0.4, -0.2) is 49.1 Å². The third-order valence-corrected chi connectivity index (χ3v) is 5.11. The predicted molar refractivity (Wildman–Crippen MR) is 76.0 cm³/mol. The summed E-state index contributed by atoms with van der Waals surface area (Å²) in [6.07, 6.45) is 8.96. The van der Waals surface area contributed by atoms with Gasteiger partial charge in [0.05, 0.1) is 6.04 Å². The molecule has 0 spiro atoms. The van der Waals surface area contributed by atoms with Crippen LogP contribution in [0, 0.1) is 5.92 Å². The van der Waals surface area contributed by atoms with Crippen molar-refractivity contribution in [2.45, 2.75) is 57.0 Å². The first-order valence-corrected chi connectivity index (χ1v) is 8.09. The van der Waals surface area contributed by atoms with Crippen molar-refractivity contribution in [3.63, 3.8) is 0 Å². The zero-order valence-corrected chi connectivity index (χ0v) is 11.9. The second-order valence-electron chi connectivity index (χ2n) is 6.45. The van der Waals surface area contributed by atoms with Crippen LogP contribution in [0.15, 0.2) is 0 Å². The lowest BCUT2D eigenvalue weighted by Crippen LogP contribution is -2.45. The summed E-state index contributed by atoms with van der Waals surface area (Å²) in [5.74, 6) is 0.983. The highest BCUT2D eigenvalue weighted by molar-refractivity contribution is 5.82. The molecule has 1 amide bonds. The maximum atomic E-state index is 12.2. The van der Waals surface area contributed by atoms with Gasteiger partial charge in [-0.3, -0.25) is 4.79 Å². The molecule has 0 aromatic heterocycles. The van der Waals surface area contributed by atoms with E-state index >= 15 is 0 Å². The molecule has 108 valence electrons. The predicted octanol–water partition coefficient (Wildman–Crippen LogP) is 1.12. The van der Waals surface area contributed by atoms with Crippen LogP contribution in [0.4, 0.5) is 0 Å². The van der Waals surface area contributed by atoms with E-state index in [9.17, 15) is 4.79 Å². The molecule has 2 aliphatic heterocycles. The van der Waals surface area contributed by atoms with Gasteiger partial charge in [-0.05, 0) is 51.1 Å². The standard InChI is InChI=1S/C15H27N3O/c19-15(16-7-10-18-8-3-4-9-18)14-11-12-5-1-2-6-13(12)17-14/h12-14,17H,1-11H2,(H,16,19).